The molecule has 2 saturated carbocycles. The third kappa shape index (κ3) is 4.96. The highest BCUT2D eigenvalue weighted by Gasteiger charge is 2.47. The molecule has 3 aromatic heterocycles. The van der Waals surface area contributed by atoms with Crippen LogP contribution >= 0.6 is 23.7 Å². The zero-order valence-corrected chi connectivity index (χ0v) is 21.0. The number of fused-ring (bicyclic) bond motifs is 1. The molecule has 3 heterocycles. The molecule has 184 valence electrons. The topological polar surface area (TPSA) is 136 Å². The van der Waals surface area contributed by atoms with Crippen molar-refractivity contribution in [2.24, 2.45) is 11.8 Å². The van der Waals surface area contributed by atoms with Gasteiger partial charge in [-0.15, -0.1) is 23.7 Å². The highest BCUT2D eigenvalue weighted by atomic mass is 35.5. The average molecular weight is 507 g/mol. The number of aliphatic hydroxyl groups is 3. The first kappa shape index (κ1) is 25.0. The molecule has 0 bridgehead atoms. The molecule has 5 N–H and O–H groups in total. The number of hydrogen-bond acceptors (Lipinski definition) is 10. The summed E-state index contributed by atoms with van der Waals surface area (Å²) in [6.45, 7) is 6.07. The summed E-state index contributed by atoms with van der Waals surface area (Å²) in [5, 5.41) is 39.1. The first-order valence-corrected chi connectivity index (χ1v) is 12.2. The van der Waals surface area contributed by atoms with Crippen molar-refractivity contribution >= 4 is 45.7 Å². The van der Waals surface area contributed by atoms with Crippen molar-refractivity contribution in [2.45, 2.75) is 63.9 Å². The Balaban J connectivity index is 0.00000274. The first-order chi connectivity index (χ1) is 15.7. The van der Waals surface area contributed by atoms with Crippen molar-refractivity contribution in [1.29, 1.82) is 0 Å². The molecule has 34 heavy (non-hydrogen) atoms. The molecular weight excluding hydrogens is 476 g/mol. The fourth-order valence-corrected chi connectivity index (χ4v) is 5.47. The molecule has 2 aliphatic carbocycles. The van der Waals surface area contributed by atoms with E-state index in [1.54, 1.807) is 26.2 Å². The van der Waals surface area contributed by atoms with Crippen LogP contribution in [-0.2, 0) is 0 Å². The Labute approximate surface area is 208 Å². The standard InChI is InChI=1S/C23H30N6O3S.ClH/c1-11-17-16(6-7-24-11)33-21(28-17)13-10-26-22(25-9-12-4-5-12)29-20(13)27-15-8-14(23(2,3)32)18(30)19(15)31;/h6-7,10,12,14-15,18-19,30-32H,4-5,8-9H2,1-3H3,(H2,25,26,27,29);1H/t14-,15+,18+,19-;/m0./s1. The normalized spacial score (nSPS) is 24.8. The van der Waals surface area contributed by atoms with Crippen LogP contribution in [0.3, 0.4) is 0 Å². The summed E-state index contributed by atoms with van der Waals surface area (Å²) in [5.74, 6) is 1.27. The molecule has 0 amide bonds. The predicted octanol–water partition coefficient (Wildman–Crippen LogP) is 2.99. The molecule has 0 aliphatic heterocycles. The number of nitrogens with zero attached hydrogens (tertiary/aromatic N) is 4. The maximum absolute atomic E-state index is 10.7. The Morgan fingerprint density at radius 2 is 1.91 bits per heavy atom. The van der Waals surface area contributed by atoms with Crippen LogP contribution in [0.2, 0.25) is 0 Å². The average Bonchev–Trinajstić information content (AvgIpc) is 3.42. The number of thiazole rings is 1. The summed E-state index contributed by atoms with van der Waals surface area (Å²) >= 11 is 1.53. The number of aromatic nitrogens is 4. The minimum atomic E-state index is -1.11. The van der Waals surface area contributed by atoms with Crippen molar-refractivity contribution in [1.82, 2.24) is 19.9 Å². The predicted molar refractivity (Wildman–Crippen MR) is 135 cm³/mol. The molecule has 0 aromatic carbocycles. The summed E-state index contributed by atoms with van der Waals surface area (Å²) in [6.07, 6.45) is 4.30. The number of pyridine rings is 1. The summed E-state index contributed by atoms with van der Waals surface area (Å²) in [7, 11) is 0. The minimum absolute atomic E-state index is 0. The fourth-order valence-electron chi connectivity index (χ4n) is 4.44. The Bertz CT molecular complexity index is 1170. The number of rotatable bonds is 7. The molecule has 11 heteroatoms. The monoisotopic (exact) mass is 506 g/mol. The van der Waals surface area contributed by atoms with Gasteiger partial charge < -0.3 is 26.0 Å². The number of anilines is 2. The highest BCUT2D eigenvalue weighted by Crippen LogP contribution is 2.39. The lowest BCUT2D eigenvalue weighted by atomic mass is 9.88. The SMILES string of the molecule is Cc1nccc2sc(-c3cnc(NCC4CC4)nc3N[C@@H]3C[C@H](C(C)(C)O)[C@@H](O)[C@H]3O)nc12.Cl. The van der Waals surface area contributed by atoms with Gasteiger partial charge in [-0.25, -0.2) is 9.97 Å². The largest absolute Gasteiger partial charge is 0.390 e. The zero-order chi connectivity index (χ0) is 23.3. The van der Waals surface area contributed by atoms with Crippen molar-refractivity contribution in [3.8, 4) is 10.6 Å². The lowest BCUT2D eigenvalue weighted by molar-refractivity contribution is -0.0601. The molecular formula is C23H31ClN6O3S. The zero-order valence-electron chi connectivity index (χ0n) is 19.4. The van der Waals surface area contributed by atoms with Gasteiger partial charge in [0.15, 0.2) is 0 Å². The van der Waals surface area contributed by atoms with Crippen molar-refractivity contribution in [2.75, 3.05) is 17.2 Å². The van der Waals surface area contributed by atoms with Crippen LogP contribution in [0.5, 0.6) is 0 Å². The molecule has 0 unspecified atom stereocenters. The van der Waals surface area contributed by atoms with Crippen LogP contribution in [0, 0.1) is 18.8 Å². The van der Waals surface area contributed by atoms with E-state index in [2.05, 4.69) is 20.6 Å². The Morgan fingerprint density at radius 1 is 1.15 bits per heavy atom. The number of aryl methyl sites for hydroxylation is 1. The second-order valence-electron chi connectivity index (χ2n) is 9.77. The van der Waals surface area contributed by atoms with E-state index < -0.39 is 29.8 Å². The van der Waals surface area contributed by atoms with Gasteiger partial charge in [-0.3, -0.25) is 4.98 Å². The summed E-state index contributed by atoms with van der Waals surface area (Å²) in [4.78, 5) is 18.3. The van der Waals surface area contributed by atoms with Gasteiger partial charge in [0, 0.05) is 24.9 Å². The third-order valence-electron chi connectivity index (χ3n) is 6.67. The Morgan fingerprint density at radius 3 is 2.56 bits per heavy atom. The number of halogens is 1. The lowest BCUT2D eigenvalue weighted by Gasteiger charge is -2.28. The van der Waals surface area contributed by atoms with Gasteiger partial charge in [0.25, 0.3) is 0 Å². The molecule has 9 nitrogen and oxygen atoms in total. The Hall–Kier alpha value is -2.11. The number of aliphatic hydroxyl groups excluding tert-OH is 2. The van der Waals surface area contributed by atoms with E-state index in [4.69, 9.17) is 9.97 Å². The third-order valence-corrected chi connectivity index (χ3v) is 7.72. The number of nitrogens with one attached hydrogen (secondary N) is 2. The molecule has 5 rings (SSSR count). The van der Waals surface area contributed by atoms with E-state index in [9.17, 15) is 15.3 Å². The highest BCUT2D eigenvalue weighted by molar-refractivity contribution is 7.21. The number of hydrogen-bond donors (Lipinski definition) is 5. The van der Waals surface area contributed by atoms with Crippen LogP contribution in [-0.4, -0.2) is 65.7 Å². The van der Waals surface area contributed by atoms with Gasteiger partial charge in [0.05, 0.1) is 33.7 Å². The van der Waals surface area contributed by atoms with Gasteiger partial charge in [0.1, 0.15) is 22.4 Å². The van der Waals surface area contributed by atoms with Crippen LogP contribution in [0.25, 0.3) is 20.8 Å². The van der Waals surface area contributed by atoms with Crippen LogP contribution < -0.4 is 10.6 Å². The van der Waals surface area contributed by atoms with E-state index in [0.29, 0.717) is 24.1 Å². The second kappa shape index (κ2) is 9.50. The lowest BCUT2D eigenvalue weighted by Crippen LogP contribution is -2.40. The maximum Gasteiger partial charge on any atom is 0.224 e. The molecule has 0 saturated heterocycles. The summed E-state index contributed by atoms with van der Waals surface area (Å²) in [5.41, 5.74) is 1.31. The van der Waals surface area contributed by atoms with Crippen molar-refractivity contribution < 1.29 is 15.3 Å². The van der Waals surface area contributed by atoms with Gasteiger partial charge in [-0.2, -0.15) is 4.98 Å². The van der Waals surface area contributed by atoms with E-state index in [1.165, 1.54) is 24.2 Å². The maximum atomic E-state index is 10.7. The second-order valence-corrected chi connectivity index (χ2v) is 10.8. The van der Waals surface area contributed by atoms with E-state index in [-0.39, 0.29) is 12.4 Å². The molecule has 4 atom stereocenters. The smallest absolute Gasteiger partial charge is 0.224 e. The van der Waals surface area contributed by atoms with E-state index >= 15 is 0 Å². The quantitative estimate of drug-likeness (QED) is 0.327. The van der Waals surface area contributed by atoms with Gasteiger partial charge >= 0.3 is 0 Å². The summed E-state index contributed by atoms with van der Waals surface area (Å²) in [6, 6.07) is 1.47. The molecule has 3 aromatic rings. The van der Waals surface area contributed by atoms with Gasteiger partial charge in [0.2, 0.25) is 5.95 Å². The molecule has 0 spiro atoms. The summed E-state index contributed by atoms with van der Waals surface area (Å²) < 4.78 is 1.03. The van der Waals surface area contributed by atoms with Crippen molar-refractivity contribution in [3.63, 3.8) is 0 Å². The van der Waals surface area contributed by atoms with Crippen LogP contribution in [0.1, 0.15) is 38.8 Å². The first-order valence-electron chi connectivity index (χ1n) is 11.4. The molecule has 0 radical (unpaired) electrons. The van der Waals surface area contributed by atoms with E-state index in [0.717, 1.165) is 33.0 Å². The minimum Gasteiger partial charge on any atom is -0.390 e. The fraction of sp³-hybridized carbons (Fsp3) is 0.565. The van der Waals surface area contributed by atoms with Crippen molar-refractivity contribution in [3.05, 3.63) is 24.2 Å². The molecule has 2 fully saturated rings. The van der Waals surface area contributed by atoms with E-state index in [1.807, 2.05) is 13.0 Å². The van der Waals surface area contributed by atoms with Gasteiger partial charge in [-0.05, 0) is 52.0 Å². The van der Waals surface area contributed by atoms with Crippen LogP contribution in [0.15, 0.2) is 18.5 Å². The van der Waals surface area contributed by atoms with Crippen LogP contribution in [0.4, 0.5) is 11.8 Å². The van der Waals surface area contributed by atoms with Gasteiger partial charge in [-0.1, -0.05) is 0 Å². The molecule has 2 aliphatic rings. The Kier molecular flexibility index (Phi) is 6.99.